The number of amides is 2. The highest BCUT2D eigenvalue weighted by Crippen LogP contribution is 2.30. The molecule has 1 aliphatic carbocycles. The molecule has 2 aromatic carbocycles. The van der Waals surface area contributed by atoms with Crippen LogP contribution < -0.4 is 5.32 Å². The maximum Gasteiger partial charge on any atom is 0.244 e. The van der Waals surface area contributed by atoms with Crippen molar-refractivity contribution >= 4 is 40.2 Å². The average molecular weight is 409 g/mol. The van der Waals surface area contributed by atoms with Crippen molar-refractivity contribution in [1.82, 2.24) is 4.90 Å². The molecule has 29 heavy (non-hydrogen) atoms. The topological polar surface area (TPSA) is 62.6 Å². The molecule has 0 radical (unpaired) electrons. The number of benzene rings is 2. The van der Waals surface area contributed by atoms with E-state index in [-0.39, 0.29) is 24.8 Å². The predicted octanol–water partition coefficient (Wildman–Crippen LogP) is 4.28. The van der Waals surface area contributed by atoms with E-state index in [1.807, 2.05) is 30.5 Å². The minimum Gasteiger partial charge on any atom is -0.464 e. The minimum atomic E-state index is -0.211. The van der Waals surface area contributed by atoms with Gasteiger partial charge in [0.1, 0.15) is 5.58 Å². The molecule has 0 fully saturated rings. The zero-order valence-corrected chi connectivity index (χ0v) is 17.5. The molecule has 1 N–H and O–H groups in total. The Kier molecular flexibility index (Phi) is 5.62. The second kappa shape index (κ2) is 8.33. The molecule has 1 heterocycles. The molecule has 5 nitrogen and oxygen atoms in total. The summed E-state index contributed by atoms with van der Waals surface area (Å²) in [5.41, 5.74) is 5.18. The van der Waals surface area contributed by atoms with Gasteiger partial charge in [-0.15, -0.1) is 11.8 Å². The molecule has 6 heteroatoms. The van der Waals surface area contributed by atoms with Crippen LogP contribution in [0.5, 0.6) is 0 Å². The van der Waals surface area contributed by atoms with Crippen LogP contribution in [0.2, 0.25) is 0 Å². The van der Waals surface area contributed by atoms with Crippen molar-refractivity contribution in [3.63, 3.8) is 0 Å². The lowest BCUT2D eigenvalue weighted by Crippen LogP contribution is -2.35. The summed E-state index contributed by atoms with van der Waals surface area (Å²) in [6.45, 7) is 0.00668. The molecule has 0 unspecified atom stereocenters. The Bertz CT molecular complexity index is 1070. The van der Waals surface area contributed by atoms with Crippen LogP contribution in [0.1, 0.15) is 23.1 Å². The molecule has 150 valence electrons. The van der Waals surface area contributed by atoms with Crippen LogP contribution in [0.25, 0.3) is 11.0 Å². The molecule has 3 aromatic rings. The third kappa shape index (κ3) is 4.17. The summed E-state index contributed by atoms with van der Waals surface area (Å²) in [5, 5.41) is 3.90. The normalized spacial score (nSPS) is 12.8. The van der Waals surface area contributed by atoms with Gasteiger partial charge in [0.15, 0.2) is 0 Å². The first-order valence-electron chi connectivity index (χ1n) is 9.74. The van der Waals surface area contributed by atoms with Crippen LogP contribution in [0, 0.1) is 0 Å². The molecule has 0 bridgehead atoms. The van der Waals surface area contributed by atoms with Crippen LogP contribution in [0.4, 0.5) is 5.69 Å². The van der Waals surface area contributed by atoms with E-state index in [4.69, 9.17) is 4.42 Å². The highest BCUT2D eigenvalue weighted by molar-refractivity contribution is 7.98. The number of anilines is 1. The van der Waals surface area contributed by atoms with Gasteiger partial charge in [0, 0.05) is 22.9 Å². The molecule has 1 aromatic heterocycles. The summed E-state index contributed by atoms with van der Waals surface area (Å²) >= 11 is 1.57. The third-order valence-corrected chi connectivity index (χ3v) is 6.19. The number of nitrogens with one attached hydrogen (secondary N) is 1. The number of fused-ring (bicyclic) bond motifs is 2. The van der Waals surface area contributed by atoms with Gasteiger partial charge < -0.3 is 14.6 Å². The van der Waals surface area contributed by atoms with Gasteiger partial charge >= 0.3 is 0 Å². The van der Waals surface area contributed by atoms with Gasteiger partial charge in [-0.25, -0.2) is 0 Å². The first kappa shape index (κ1) is 19.6. The predicted molar refractivity (Wildman–Crippen MR) is 116 cm³/mol. The van der Waals surface area contributed by atoms with Crippen molar-refractivity contribution < 1.29 is 14.0 Å². The number of thioether (sulfide) groups is 1. The van der Waals surface area contributed by atoms with Crippen LogP contribution in [-0.2, 0) is 28.9 Å². The third-order valence-electron chi connectivity index (χ3n) is 5.40. The zero-order valence-electron chi connectivity index (χ0n) is 16.7. The van der Waals surface area contributed by atoms with Crippen LogP contribution in [0.3, 0.4) is 0 Å². The number of hydrogen-bond donors (Lipinski definition) is 1. The summed E-state index contributed by atoms with van der Waals surface area (Å²) in [6.07, 6.45) is 7.20. The minimum absolute atomic E-state index is 0.00668. The Balaban J connectivity index is 1.41. The lowest BCUT2D eigenvalue weighted by atomic mass is 10.0. The summed E-state index contributed by atoms with van der Waals surface area (Å²) in [4.78, 5) is 27.6. The Labute approximate surface area is 174 Å². The smallest absolute Gasteiger partial charge is 0.244 e. The molecule has 4 rings (SSSR count). The molecule has 0 atom stereocenters. The monoisotopic (exact) mass is 408 g/mol. The number of rotatable bonds is 6. The van der Waals surface area contributed by atoms with Gasteiger partial charge in [-0.1, -0.05) is 12.1 Å². The fourth-order valence-electron chi connectivity index (χ4n) is 3.82. The standard InChI is InChI=1S/C23H24N2O3S/c1-25(13-22(26)24-19-8-3-4-9-21(19)29-2)23(27)12-17-14-28-20-11-16-7-5-6-15(16)10-18(17)20/h3-4,8-11,14H,5-7,12-13H2,1-2H3,(H,24,26). The number of carbonyl (C=O) groups excluding carboxylic acids is 2. The second-order valence-corrected chi connectivity index (χ2v) is 8.25. The Hall–Kier alpha value is -2.73. The summed E-state index contributed by atoms with van der Waals surface area (Å²) in [5.74, 6) is -0.321. The lowest BCUT2D eigenvalue weighted by molar-refractivity contribution is -0.132. The largest absolute Gasteiger partial charge is 0.464 e. The first-order valence-corrected chi connectivity index (χ1v) is 11.0. The average Bonchev–Trinajstić information content (AvgIpc) is 3.33. The Morgan fingerprint density at radius 2 is 1.93 bits per heavy atom. The van der Waals surface area contributed by atoms with E-state index in [2.05, 4.69) is 17.4 Å². The molecule has 1 aliphatic rings. The van der Waals surface area contributed by atoms with Gasteiger partial charge in [0.2, 0.25) is 11.8 Å². The molecule has 0 saturated heterocycles. The molecule has 2 amide bonds. The quantitative estimate of drug-likeness (QED) is 0.619. The van der Waals surface area contributed by atoms with E-state index in [0.29, 0.717) is 0 Å². The summed E-state index contributed by atoms with van der Waals surface area (Å²) in [6, 6.07) is 11.9. The number of likely N-dealkylation sites (N-methyl/N-ethyl adjacent to an activating group) is 1. The number of aryl methyl sites for hydroxylation is 2. The highest BCUT2D eigenvalue weighted by Gasteiger charge is 2.19. The number of nitrogens with zero attached hydrogens (tertiary/aromatic N) is 1. The Morgan fingerprint density at radius 1 is 1.17 bits per heavy atom. The van der Waals surface area contributed by atoms with Crippen molar-refractivity contribution in [3.8, 4) is 0 Å². The number of hydrogen-bond acceptors (Lipinski definition) is 4. The summed E-state index contributed by atoms with van der Waals surface area (Å²) in [7, 11) is 1.66. The maximum absolute atomic E-state index is 12.7. The first-order chi connectivity index (χ1) is 14.0. The van der Waals surface area contributed by atoms with E-state index in [1.54, 1.807) is 25.1 Å². The van der Waals surface area contributed by atoms with Crippen LogP contribution >= 0.6 is 11.8 Å². The fraction of sp³-hybridized carbons (Fsp3) is 0.304. The SMILES string of the molecule is CSc1ccccc1NC(=O)CN(C)C(=O)Cc1coc2cc3c(cc12)CCC3. The van der Waals surface area contributed by atoms with Crippen molar-refractivity contribution in [2.24, 2.45) is 0 Å². The van der Waals surface area contributed by atoms with E-state index >= 15 is 0 Å². The molecular formula is C23H24N2O3S. The zero-order chi connectivity index (χ0) is 20.4. The van der Waals surface area contributed by atoms with Crippen molar-refractivity contribution in [1.29, 1.82) is 0 Å². The highest BCUT2D eigenvalue weighted by atomic mass is 32.2. The maximum atomic E-state index is 12.7. The van der Waals surface area contributed by atoms with Crippen LogP contribution in [0.15, 0.2) is 52.0 Å². The van der Waals surface area contributed by atoms with Crippen molar-refractivity contribution in [2.75, 3.05) is 25.2 Å². The number of carbonyl (C=O) groups is 2. The number of furan rings is 1. The molecular weight excluding hydrogens is 384 g/mol. The fourth-order valence-corrected chi connectivity index (χ4v) is 4.38. The van der Waals surface area contributed by atoms with Gasteiger partial charge in [0.25, 0.3) is 0 Å². The van der Waals surface area contributed by atoms with E-state index in [9.17, 15) is 9.59 Å². The van der Waals surface area contributed by atoms with E-state index < -0.39 is 0 Å². The summed E-state index contributed by atoms with van der Waals surface area (Å²) < 4.78 is 5.69. The molecule has 0 saturated carbocycles. The van der Waals surface area contributed by atoms with Gasteiger partial charge in [-0.3, -0.25) is 9.59 Å². The van der Waals surface area contributed by atoms with Gasteiger partial charge in [0.05, 0.1) is 24.9 Å². The van der Waals surface area contributed by atoms with Crippen molar-refractivity contribution in [2.45, 2.75) is 30.6 Å². The molecule has 0 spiro atoms. The number of para-hydroxylation sites is 1. The van der Waals surface area contributed by atoms with Gasteiger partial charge in [-0.05, 0) is 60.9 Å². The van der Waals surface area contributed by atoms with E-state index in [0.717, 1.165) is 40.0 Å². The van der Waals surface area contributed by atoms with Crippen molar-refractivity contribution in [3.05, 3.63) is 59.4 Å². The lowest BCUT2D eigenvalue weighted by Gasteiger charge is -2.17. The second-order valence-electron chi connectivity index (χ2n) is 7.41. The molecule has 0 aliphatic heterocycles. The van der Waals surface area contributed by atoms with Gasteiger partial charge in [-0.2, -0.15) is 0 Å². The van der Waals surface area contributed by atoms with E-state index in [1.165, 1.54) is 22.4 Å². The van der Waals surface area contributed by atoms with Crippen LogP contribution in [-0.4, -0.2) is 36.6 Å². The Morgan fingerprint density at radius 3 is 2.72 bits per heavy atom.